The quantitative estimate of drug-likeness (QED) is 0.797. The monoisotopic (exact) mass is 277 g/mol. The molecule has 0 saturated carbocycles. The summed E-state index contributed by atoms with van der Waals surface area (Å²) in [4.78, 5) is 0. The van der Waals surface area contributed by atoms with Crippen LogP contribution in [0.5, 0.6) is 11.5 Å². The van der Waals surface area contributed by atoms with Crippen LogP contribution in [0.4, 0.5) is 8.78 Å². The lowest BCUT2D eigenvalue weighted by molar-refractivity contribution is 0.408. The van der Waals surface area contributed by atoms with E-state index in [1.807, 2.05) is 0 Å². The number of para-hydroxylation sites is 2. The van der Waals surface area contributed by atoms with E-state index in [9.17, 15) is 8.78 Å². The van der Waals surface area contributed by atoms with Crippen molar-refractivity contribution in [2.75, 3.05) is 6.54 Å². The molecule has 0 atom stereocenters. The van der Waals surface area contributed by atoms with Crippen LogP contribution in [0.2, 0.25) is 0 Å². The van der Waals surface area contributed by atoms with E-state index in [0.717, 1.165) is 13.0 Å². The minimum atomic E-state index is -0.511. The van der Waals surface area contributed by atoms with E-state index >= 15 is 0 Å². The van der Waals surface area contributed by atoms with Gasteiger partial charge in [-0.3, -0.25) is 0 Å². The molecule has 0 saturated heterocycles. The fraction of sp³-hybridized carbons (Fsp3) is 0.250. The van der Waals surface area contributed by atoms with Crippen LogP contribution < -0.4 is 10.1 Å². The Balaban J connectivity index is 2.23. The molecule has 0 amide bonds. The fourth-order valence-electron chi connectivity index (χ4n) is 1.84. The number of ether oxygens (including phenoxy) is 1. The number of hydrogen-bond donors (Lipinski definition) is 1. The standard InChI is InChI=1S/C16H17F2NO/c1-2-10-19-11-12-6-5-8-14(18)16(12)20-15-9-4-3-7-13(15)17/h3-9,19H,2,10-11H2,1H3. The van der Waals surface area contributed by atoms with Gasteiger partial charge in [-0.1, -0.05) is 31.2 Å². The van der Waals surface area contributed by atoms with Gasteiger partial charge in [0.05, 0.1) is 0 Å². The molecule has 0 heterocycles. The van der Waals surface area contributed by atoms with Gasteiger partial charge >= 0.3 is 0 Å². The molecule has 0 aromatic heterocycles. The lowest BCUT2D eigenvalue weighted by Crippen LogP contribution is -2.14. The third kappa shape index (κ3) is 3.54. The Morgan fingerprint density at radius 1 is 1.00 bits per heavy atom. The third-order valence-corrected chi connectivity index (χ3v) is 2.84. The molecule has 0 unspecified atom stereocenters. The Hall–Kier alpha value is -1.94. The highest BCUT2D eigenvalue weighted by Crippen LogP contribution is 2.29. The average Bonchev–Trinajstić information content (AvgIpc) is 2.44. The zero-order valence-corrected chi connectivity index (χ0v) is 11.3. The summed E-state index contributed by atoms with van der Waals surface area (Å²) in [6, 6.07) is 10.7. The molecular weight excluding hydrogens is 260 g/mol. The molecule has 0 aliphatic rings. The van der Waals surface area contributed by atoms with E-state index in [1.54, 1.807) is 24.3 Å². The van der Waals surface area contributed by atoms with E-state index in [-0.39, 0.29) is 11.5 Å². The van der Waals surface area contributed by atoms with Crippen molar-refractivity contribution < 1.29 is 13.5 Å². The summed E-state index contributed by atoms with van der Waals surface area (Å²) in [6.07, 6.45) is 0.985. The minimum Gasteiger partial charge on any atom is -0.451 e. The second-order valence-corrected chi connectivity index (χ2v) is 4.44. The van der Waals surface area contributed by atoms with Crippen LogP contribution in [0.3, 0.4) is 0 Å². The molecular formula is C16H17F2NO. The van der Waals surface area contributed by atoms with Crippen LogP contribution in [0, 0.1) is 11.6 Å². The van der Waals surface area contributed by atoms with Gasteiger partial charge in [0, 0.05) is 12.1 Å². The van der Waals surface area contributed by atoms with Gasteiger partial charge in [0.25, 0.3) is 0 Å². The molecule has 0 aliphatic heterocycles. The lowest BCUT2D eigenvalue weighted by atomic mass is 10.2. The molecule has 106 valence electrons. The van der Waals surface area contributed by atoms with Crippen molar-refractivity contribution >= 4 is 0 Å². The van der Waals surface area contributed by atoms with Crippen molar-refractivity contribution in [3.05, 3.63) is 59.7 Å². The van der Waals surface area contributed by atoms with Crippen molar-refractivity contribution in [2.45, 2.75) is 19.9 Å². The van der Waals surface area contributed by atoms with Gasteiger partial charge in [-0.25, -0.2) is 8.78 Å². The van der Waals surface area contributed by atoms with Crippen molar-refractivity contribution in [1.29, 1.82) is 0 Å². The van der Waals surface area contributed by atoms with E-state index in [2.05, 4.69) is 12.2 Å². The zero-order valence-electron chi connectivity index (χ0n) is 11.3. The summed E-state index contributed by atoms with van der Waals surface area (Å²) in [5.41, 5.74) is 0.668. The molecule has 0 fully saturated rings. The number of halogens is 2. The molecule has 2 aromatic rings. The third-order valence-electron chi connectivity index (χ3n) is 2.84. The Morgan fingerprint density at radius 3 is 2.50 bits per heavy atom. The van der Waals surface area contributed by atoms with Gasteiger partial charge in [0.1, 0.15) is 0 Å². The SMILES string of the molecule is CCCNCc1cccc(F)c1Oc1ccccc1F. The van der Waals surface area contributed by atoms with Gasteiger partial charge in [0.15, 0.2) is 23.1 Å². The van der Waals surface area contributed by atoms with E-state index in [0.29, 0.717) is 12.1 Å². The first-order chi connectivity index (χ1) is 9.72. The number of benzene rings is 2. The summed E-state index contributed by atoms with van der Waals surface area (Å²) < 4.78 is 32.9. The normalized spacial score (nSPS) is 10.6. The molecule has 0 radical (unpaired) electrons. The Morgan fingerprint density at radius 2 is 1.75 bits per heavy atom. The molecule has 2 nitrogen and oxygen atoms in total. The van der Waals surface area contributed by atoms with Gasteiger partial charge < -0.3 is 10.1 Å². The largest absolute Gasteiger partial charge is 0.451 e. The van der Waals surface area contributed by atoms with Crippen LogP contribution in [0.1, 0.15) is 18.9 Å². The summed E-state index contributed by atoms with van der Waals surface area (Å²) in [5.74, 6) is -0.914. The molecule has 0 bridgehead atoms. The van der Waals surface area contributed by atoms with Crippen molar-refractivity contribution in [3.63, 3.8) is 0 Å². The lowest BCUT2D eigenvalue weighted by Gasteiger charge is -2.13. The smallest absolute Gasteiger partial charge is 0.167 e. The maximum atomic E-state index is 13.9. The first-order valence-corrected chi connectivity index (χ1v) is 6.63. The highest BCUT2D eigenvalue weighted by Gasteiger charge is 2.12. The van der Waals surface area contributed by atoms with Crippen molar-refractivity contribution in [1.82, 2.24) is 5.32 Å². The van der Waals surface area contributed by atoms with Crippen molar-refractivity contribution in [3.8, 4) is 11.5 Å². The molecule has 20 heavy (non-hydrogen) atoms. The second kappa shape index (κ2) is 7.01. The summed E-state index contributed by atoms with van der Waals surface area (Å²) >= 11 is 0. The highest BCUT2D eigenvalue weighted by molar-refractivity contribution is 5.39. The molecule has 2 rings (SSSR count). The van der Waals surface area contributed by atoms with Crippen molar-refractivity contribution in [2.24, 2.45) is 0 Å². The first-order valence-electron chi connectivity index (χ1n) is 6.63. The van der Waals surface area contributed by atoms with Crippen LogP contribution in [-0.2, 0) is 6.54 Å². The van der Waals surface area contributed by atoms with Gasteiger partial charge in [-0.15, -0.1) is 0 Å². The minimum absolute atomic E-state index is 0.0225. The number of nitrogens with one attached hydrogen (secondary N) is 1. The average molecular weight is 277 g/mol. The molecule has 0 aliphatic carbocycles. The maximum Gasteiger partial charge on any atom is 0.167 e. The van der Waals surface area contributed by atoms with Crippen LogP contribution in [0.25, 0.3) is 0 Å². The second-order valence-electron chi connectivity index (χ2n) is 4.44. The Bertz CT molecular complexity index is 572. The van der Waals surface area contributed by atoms with E-state index in [4.69, 9.17) is 4.74 Å². The number of hydrogen-bond acceptors (Lipinski definition) is 2. The topological polar surface area (TPSA) is 21.3 Å². The van der Waals surface area contributed by atoms with E-state index in [1.165, 1.54) is 18.2 Å². The predicted octanol–water partition coefficient (Wildman–Crippen LogP) is 4.26. The van der Waals surface area contributed by atoms with Crippen LogP contribution >= 0.6 is 0 Å². The molecule has 1 N–H and O–H groups in total. The van der Waals surface area contributed by atoms with E-state index < -0.39 is 11.6 Å². The molecule has 0 spiro atoms. The Kier molecular flexibility index (Phi) is 5.07. The molecule has 4 heteroatoms. The fourth-order valence-corrected chi connectivity index (χ4v) is 1.84. The maximum absolute atomic E-state index is 13.9. The van der Waals surface area contributed by atoms with Gasteiger partial charge in [0.2, 0.25) is 0 Å². The van der Waals surface area contributed by atoms with Gasteiger partial charge in [-0.2, -0.15) is 0 Å². The summed E-state index contributed by atoms with van der Waals surface area (Å²) in [6.45, 7) is 3.36. The summed E-state index contributed by atoms with van der Waals surface area (Å²) in [5, 5.41) is 3.18. The number of rotatable bonds is 6. The summed E-state index contributed by atoms with van der Waals surface area (Å²) in [7, 11) is 0. The Labute approximate surface area is 117 Å². The predicted molar refractivity (Wildman–Crippen MR) is 74.9 cm³/mol. The van der Waals surface area contributed by atoms with Crippen LogP contribution in [-0.4, -0.2) is 6.54 Å². The van der Waals surface area contributed by atoms with Gasteiger partial charge in [-0.05, 0) is 31.2 Å². The van der Waals surface area contributed by atoms with Crippen LogP contribution in [0.15, 0.2) is 42.5 Å². The first kappa shape index (κ1) is 14.5. The zero-order chi connectivity index (χ0) is 14.4. The molecule has 2 aromatic carbocycles. The highest BCUT2D eigenvalue weighted by atomic mass is 19.1.